The molecular formula is C17H18N2O3. The smallest absolute Gasteiger partial charge is 0.365 e. The fourth-order valence-corrected chi connectivity index (χ4v) is 1.77. The van der Waals surface area contributed by atoms with Crippen LogP contribution < -0.4 is 9.64 Å². The summed E-state index contributed by atoms with van der Waals surface area (Å²) in [6.45, 7) is 0. The zero-order valence-electron chi connectivity index (χ0n) is 12.8. The third kappa shape index (κ3) is 4.09. The summed E-state index contributed by atoms with van der Waals surface area (Å²) in [7, 11) is 5.51. The van der Waals surface area contributed by atoms with Crippen molar-refractivity contribution >= 4 is 17.9 Å². The number of ether oxygens (including phenoxy) is 1. The number of hydrogen-bond donors (Lipinski definition) is 0. The molecule has 0 atom stereocenters. The summed E-state index contributed by atoms with van der Waals surface area (Å²) in [6.07, 6.45) is 1.50. The number of methoxy groups -OCH3 is 1. The topological polar surface area (TPSA) is 51.1 Å². The van der Waals surface area contributed by atoms with Crippen LogP contribution in [-0.2, 0) is 4.84 Å². The molecule has 0 saturated carbocycles. The van der Waals surface area contributed by atoms with E-state index in [0.29, 0.717) is 11.3 Å². The Morgan fingerprint density at radius 1 is 1.05 bits per heavy atom. The lowest BCUT2D eigenvalue weighted by Gasteiger charge is -2.11. The molecule has 0 aliphatic heterocycles. The SMILES string of the molecule is COc1ccc(C(=O)O/N=C\c2ccc(N(C)C)cc2)cc1. The molecule has 0 N–H and O–H groups in total. The first-order valence-electron chi connectivity index (χ1n) is 6.76. The van der Waals surface area contributed by atoms with Gasteiger partial charge in [0.2, 0.25) is 0 Å². The molecule has 5 heteroatoms. The van der Waals surface area contributed by atoms with E-state index in [-0.39, 0.29) is 0 Å². The molecule has 2 aromatic rings. The van der Waals surface area contributed by atoms with Gasteiger partial charge in [-0.05, 0) is 42.0 Å². The molecule has 114 valence electrons. The Balaban J connectivity index is 1.94. The molecule has 0 saturated heterocycles. The Morgan fingerprint density at radius 3 is 2.23 bits per heavy atom. The van der Waals surface area contributed by atoms with Gasteiger partial charge in [-0.3, -0.25) is 0 Å². The monoisotopic (exact) mass is 298 g/mol. The molecule has 0 spiro atoms. The lowest BCUT2D eigenvalue weighted by Crippen LogP contribution is -2.08. The first-order chi connectivity index (χ1) is 10.6. The second kappa shape index (κ2) is 7.26. The van der Waals surface area contributed by atoms with Crippen LogP contribution in [0.2, 0.25) is 0 Å². The van der Waals surface area contributed by atoms with Gasteiger partial charge in [-0.25, -0.2) is 4.79 Å². The molecular weight excluding hydrogens is 280 g/mol. The average molecular weight is 298 g/mol. The van der Waals surface area contributed by atoms with Crippen LogP contribution in [0.4, 0.5) is 5.69 Å². The molecule has 0 fully saturated rings. The Labute approximate surface area is 129 Å². The predicted octanol–water partition coefficient (Wildman–Crippen LogP) is 2.95. The van der Waals surface area contributed by atoms with Gasteiger partial charge in [-0.1, -0.05) is 17.3 Å². The minimum absolute atomic E-state index is 0.418. The van der Waals surface area contributed by atoms with E-state index in [1.54, 1.807) is 31.4 Å². The Morgan fingerprint density at radius 2 is 1.68 bits per heavy atom. The lowest BCUT2D eigenvalue weighted by molar-refractivity contribution is 0.0519. The van der Waals surface area contributed by atoms with Gasteiger partial charge in [0, 0.05) is 19.8 Å². The van der Waals surface area contributed by atoms with E-state index in [9.17, 15) is 4.79 Å². The van der Waals surface area contributed by atoms with Crippen molar-refractivity contribution in [2.45, 2.75) is 0 Å². The van der Waals surface area contributed by atoms with Crippen molar-refractivity contribution in [2.24, 2.45) is 5.16 Å². The molecule has 0 aliphatic carbocycles. The second-order valence-electron chi connectivity index (χ2n) is 4.83. The number of oxime groups is 1. The van der Waals surface area contributed by atoms with Gasteiger partial charge >= 0.3 is 5.97 Å². The van der Waals surface area contributed by atoms with Gasteiger partial charge in [0.1, 0.15) is 5.75 Å². The summed E-state index contributed by atoms with van der Waals surface area (Å²) < 4.78 is 5.03. The minimum Gasteiger partial charge on any atom is -0.497 e. The van der Waals surface area contributed by atoms with E-state index >= 15 is 0 Å². The van der Waals surface area contributed by atoms with Gasteiger partial charge in [0.25, 0.3) is 0 Å². The number of hydrogen-bond acceptors (Lipinski definition) is 5. The molecule has 0 aliphatic rings. The molecule has 0 bridgehead atoms. The van der Waals surface area contributed by atoms with Crippen LogP contribution in [0.3, 0.4) is 0 Å². The Kier molecular flexibility index (Phi) is 5.14. The highest BCUT2D eigenvalue weighted by Gasteiger charge is 2.06. The van der Waals surface area contributed by atoms with Crippen molar-refractivity contribution in [3.63, 3.8) is 0 Å². The van der Waals surface area contributed by atoms with E-state index in [1.807, 2.05) is 43.3 Å². The highest BCUT2D eigenvalue weighted by molar-refractivity contribution is 5.90. The summed E-state index contributed by atoms with van der Waals surface area (Å²) in [5, 5.41) is 3.72. The summed E-state index contributed by atoms with van der Waals surface area (Å²) >= 11 is 0. The zero-order chi connectivity index (χ0) is 15.9. The quantitative estimate of drug-likeness (QED) is 0.484. The third-order valence-electron chi connectivity index (χ3n) is 3.07. The Hall–Kier alpha value is -2.82. The van der Waals surface area contributed by atoms with Crippen LogP contribution >= 0.6 is 0 Å². The maximum Gasteiger partial charge on any atom is 0.365 e. The van der Waals surface area contributed by atoms with Crippen molar-refractivity contribution < 1.29 is 14.4 Å². The van der Waals surface area contributed by atoms with Crippen LogP contribution in [-0.4, -0.2) is 33.4 Å². The number of benzene rings is 2. The van der Waals surface area contributed by atoms with Gasteiger partial charge in [0.15, 0.2) is 0 Å². The van der Waals surface area contributed by atoms with Gasteiger partial charge in [-0.15, -0.1) is 0 Å². The Bertz CT molecular complexity index is 647. The highest BCUT2D eigenvalue weighted by Crippen LogP contribution is 2.13. The summed E-state index contributed by atoms with van der Waals surface area (Å²) in [5.74, 6) is 0.171. The first-order valence-corrected chi connectivity index (χ1v) is 6.76. The van der Waals surface area contributed by atoms with Crippen molar-refractivity contribution in [2.75, 3.05) is 26.1 Å². The fraction of sp³-hybridized carbons (Fsp3) is 0.176. The second-order valence-corrected chi connectivity index (χ2v) is 4.83. The van der Waals surface area contributed by atoms with Crippen LogP contribution in [0.25, 0.3) is 0 Å². The van der Waals surface area contributed by atoms with Crippen LogP contribution in [0.15, 0.2) is 53.7 Å². The standard InChI is InChI=1S/C17H18N2O3/c1-19(2)15-8-4-13(5-9-15)12-18-22-17(20)14-6-10-16(21-3)11-7-14/h4-12H,1-3H3/b18-12-. The zero-order valence-corrected chi connectivity index (χ0v) is 12.8. The van der Waals surface area contributed by atoms with Gasteiger partial charge in [0.05, 0.1) is 18.9 Å². The van der Waals surface area contributed by atoms with Crippen molar-refractivity contribution in [3.8, 4) is 5.75 Å². The van der Waals surface area contributed by atoms with E-state index in [1.165, 1.54) is 6.21 Å². The van der Waals surface area contributed by atoms with E-state index in [0.717, 1.165) is 11.3 Å². The summed E-state index contributed by atoms with van der Waals surface area (Å²) in [6, 6.07) is 14.4. The lowest BCUT2D eigenvalue weighted by atomic mass is 10.2. The summed E-state index contributed by atoms with van der Waals surface area (Å²) in [5.41, 5.74) is 2.36. The van der Waals surface area contributed by atoms with Gasteiger partial charge < -0.3 is 14.5 Å². The first kappa shape index (κ1) is 15.6. The number of carbonyl (C=O) groups is 1. The average Bonchev–Trinajstić information content (AvgIpc) is 2.55. The molecule has 5 nitrogen and oxygen atoms in total. The number of anilines is 1. The molecule has 22 heavy (non-hydrogen) atoms. The molecule has 0 amide bonds. The maximum atomic E-state index is 11.8. The van der Waals surface area contributed by atoms with E-state index in [4.69, 9.17) is 9.57 Å². The highest BCUT2D eigenvalue weighted by atomic mass is 16.7. The van der Waals surface area contributed by atoms with Crippen LogP contribution in [0.1, 0.15) is 15.9 Å². The molecule has 0 heterocycles. The van der Waals surface area contributed by atoms with E-state index < -0.39 is 5.97 Å². The molecule has 0 aromatic heterocycles. The largest absolute Gasteiger partial charge is 0.497 e. The fourth-order valence-electron chi connectivity index (χ4n) is 1.77. The van der Waals surface area contributed by atoms with Crippen LogP contribution in [0.5, 0.6) is 5.75 Å². The molecule has 0 radical (unpaired) electrons. The predicted molar refractivity (Wildman–Crippen MR) is 86.8 cm³/mol. The van der Waals surface area contributed by atoms with Crippen molar-refractivity contribution in [3.05, 3.63) is 59.7 Å². The van der Waals surface area contributed by atoms with Gasteiger partial charge in [-0.2, -0.15) is 0 Å². The minimum atomic E-state index is -0.510. The maximum absolute atomic E-state index is 11.8. The molecule has 0 unspecified atom stereocenters. The number of rotatable bonds is 5. The normalized spacial score (nSPS) is 10.5. The van der Waals surface area contributed by atoms with Crippen molar-refractivity contribution in [1.82, 2.24) is 0 Å². The molecule has 2 aromatic carbocycles. The number of carbonyl (C=O) groups excluding carboxylic acids is 1. The molecule has 2 rings (SSSR count). The van der Waals surface area contributed by atoms with Crippen LogP contribution in [0, 0.1) is 0 Å². The third-order valence-corrected chi connectivity index (χ3v) is 3.07. The van der Waals surface area contributed by atoms with E-state index in [2.05, 4.69) is 5.16 Å². The van der Waals surface area contributed by atoms with Crippen molar-refractivity contribution in [1.29, 1.82) is 0 Å². The number of nitrogens with zero attached hydrogens (tertiary/aromatic N) is 2. The summed E-state index contributed by atoms with van der Waals surface area (Å²) in [4.78, 5) is 18.7.